The Hall–Kier alpha value is -4.13. The Labute approximate surface area is 180 Å². The second-order valence-corrected chi connectivity index (χ2v) is 7.02. The van der Waals surface area contributed by atoms with Gasteiger partial charge < -0.3 is 21.9 Å². The van der Waals surface area contributed by atoms with E-state index in [0.29, 0.717) is 24.2 Å². The van der Waals surface area contributed by atoms with E-state index < -0.39 is 5.97 Å². The number of rotatable bonds is 8. The molecular formula is C24H24N4O3. The molecule has 158 valence electrons. The predicted octanol–water partition coefficient (Wildman–Crippen LogP) is 3.21. The lowest BCUT2D eigenvalue weighted by Gasteiger charge is -2.11. The highest BCUT2D eigenvalue weighted by Gasteiger charge is 2.09. The van der Waals surface area contributed by atoms with Crippen LogP contribution in [0.2, 0.25) is 0 Å². The Kier molecular flexibility index (Phi) is 7.01. The van der Waals surface area contributed by atoms with Crippen LogP contribution >= 0.6 is 0 Å². The molecule has 3 aromatic carbocycles. The van der Waals surface area contributed by atoms with Crippen LogP contribution in [0.1, 0.15) is 27.9 Å². The van der Waals surface area contributed by atoms with Crippen molar-refractivity contribution in [1.82, 2.24) is 5.32 Å². The number of nitrogens with one attached hydrogen (secondary N) is 1. The highest BCUT2D eigenvalue weighted by molar-refractivity contribution is 5.95. The molecule has 1 amide bonds. The number of carbonyl (C=O) groups is 2. The van der Waals surface area contributed by atoms with Crippen LogP contribution in [0.5, 0.6) is 0 Å². The van der Waals surface area contributed by atoms with Crippen LogP contribution in [0, 0.1) is 0 Å². The van der Waals surface area contributed by atoms with Crippen LogP contribution < -0.4 is 16.8 Å². The Morgan fingerprint density at radius 3 is 2.48 bits per heavy atom. The number of carbonyl (C=O) groups excluding carboxylic acids is 1. The second-order valence-electron chi connectivity index (χ2n) is 7.02. The summed E-state index contributed by atoms with van der Waals surface area (Å²) in [5.74, 6) is -1.13. The molecule has 31 heavy (non-hydrogen) atoms. The quantitative estimate of drug-likeness (QED) is 0.331. The molecule has 3 rings (SSSR count). The van der Waals surface area contributed by atoms with Gasteiger partial charge in [0.1, 0.15) is 0 Å². The minimum atomic E-state index is -0.824. The predicted molar refractivity (Wildman–Crippen MR) is 121 cm³/mol. The van der Waals surface area contributed by atoms with Crippen molar-refractivity contribution in [2.45, 2.75) is 19.4 Å². The third kappa shape index (κ3) is 6.17. The summed E-state index contributed by atoms with van der Waals surface area (Å²) in [4.78, 5) is 27.4. The molecule has 0 aliphatic rings. The number of aliphatic carboxylic acids is 1. The molecule has 7 nitrogen and oxygen atoms in total. The zero-order chi connectivity index (χ0) is 22.2. The van der Waals surface area contributed by atoms with Gasteiger partial charge in [-0.3, -0.25) is 9.59 Å². The van der Waals surface area contributed by atoms with Crippen molar-refractivity contribution in [1.29, 1.82) is 0 Å². The van der Waals surface area contributed by atoms with E-state index in [1.807, 2.05) is 48.5 Å². The lowest BCUT2D eigenvalue weighted by Crippen LogP contribution is -2.23. The average molecular weight is 416 g/mol. The smallest absolute Gasteiger partial charge is 0.303 e. The third-order valence-corrected chi connectivity index (χ3v) is 4.68. The molecule has 0 spiro atoms. The molecule has 0 atom stereocenters. The zero-order valence-corrected chi connectivity index (χ0v) is 16.9. The number of guanidine groups is 1. The first-order valence-electron chi connectivity index (χ1n) is 9.79. The van der Waals surface area contributed by atoms with Gasteiger partial charge in [0.05, 0.1) is 5.69 Å². The summed E-state index contributed by atoms with van der Waals surface area (Å²) in [6.07, 6.45) is 0.532. The summed E-state index contributed by atoms with van der Waals surface area (Å²) >= 11 is 0. The Morgan fingerprint density at radius 2 is 1.71 bits per heavy atom. The molecule has 0 bridgehead atoms. The number of hydrogen-bond acceptors (Lipinski definition) is 3. The molecular weight excluding hydrogens is 392 g/mol. The van der Waals surface area contributed by atoms with Crippen LogP contribution in [0.4, 0.5) is 5.69 Å². The molecule has 0 radical (unpaired) electrons. The molecule has 3 aromatic rings. The number of nitrogens with zero attached hydrogens (tertiary/aromatic N) is 1. The van der Waals surface area contributed by atoms with Crippen molar-refractivity contribution in [2.75, 3.05) is 0 Å². The molecule has 6 N–H and O–H groups in total. The SMILES string of the molecule is NC(N)=Nc1cccc(C(=O)NCc2cccc(-c3ccccc3CCC(=O)O)c2)c1. The molecule has 0 saturated carbocycles. The summed E-state index contributed by atoms with van der Waals surface area (Å²) in [7, 11) is 0. The van der Waals surface area contributed by atoms with Crippen molar-refractivity contribution in [3.05, 3.63) is 89.5 Å². The number of aryl methyl sites for hydroxylation is 1. The average Bonchev–Trinajstić information content (AvgIpc) is 2.76. The van der Waals surface area contributed by atoms with Crippen molar-refractivity contribution < 1.29 is 14.7 Å². The van der Waals surface area contributed by atoms with Gasteiger partial charge in [-0.15, -0.1) is 0 Å². The van der Waals surface area contributed by atoms with Gasteiger partial charge in [-0.05, 0) is 52.9 Å². The molecule has 0 fully saturated rings. The Morgan fingerprint density at radius 1 is 0.935 bits per heavy atom. The minimum absolute atomic E-state index is 0.0713. The molecule has 0 aromatic heterocycles. The molecule has 0 aliphatic heterocycles. The monoisotopic (exact) mass is 416 g/mol. The zero-order valence-electron chi connectivity index (χ0n) is 16.9. The van der Waals surface area contributed by atoms with Crippen LogP contribution in [0.3, 0.4) is 0 Å². The summed E-state index contributed by atoms with van der Waals surface area (Å²) < 4.78 is 0. The van der Waals surface area contributed by atoms with E-state index >= 15 is 0 Å². The fraction of sp³-hybridized carbons (Fsp3) is 0.125. The molecule has 7 heteroatoms. The maximum Gasteiger partial charge on any atom is 0.303 e. The van der Waals surface area contributed by atoms with E-state index in [4.69, 9.17) is 16.6 Å². The fourth-order valence-electron chi connectivity index (χ4n) is 3.26. The maximum atomic E-state index is 12.5. The minimum Gasteiger partial charge on any atom is -0.481 e. The van der Waals surface area contributed by atoms with Crippen LogP contribution in [0.25, 0.3) is 11.1 Å². The molecule has 0 aliphatic carbocycles. The van der Waals surface area contributed by atoms with E-state index in [1.165, 1.54) is 0 Å². The highest BCUT2D eigenvalue weighted by atomic mass is 16.4. The molecule has 0 unspecified atom stereocenters. The van der Waals surface area contributed by atoms with Gasteiger partial charge in [0, 0.05) is 18.5 Å². The first-order valence-corrected chi connectivity index (χ1v) is 9.79. The fourth-order valence-corrected chi connectivity index (χ4v) is 3.26. The number of benzene rings is 3. The maximum absolute atomic E-state index is 12.5. The molecule has 0 saturated heterocycles. The number of carboxylic acid groups (broad SMARTS) is 1. The standard InChI is InChI=1S/C24H24N4O3/c25-24(26)28-20-9-4-8-19(14-20)23(31)27-15-16-5-3-7-18(13-16)21-10-2-1-6-17(21)11-12-22(29)30/h1-10,13-14H,11-12,15H2,(H,27,31)(H,29,30)(H4,25,26,28). The van der Waals surface area contributed by atoms with E-state index in [0.717, 1.165) is 22.3 Å². The highest BCUT2D eigenvalue weighted by Crippen LogP contribution is 2.25. The summed E-state index contributed by atoms with van der Waals surface area (Å²) in [6.45, 7) is 0.344. The van der Waals surface area contributed by atoms with Gasteiger partial charge in [-0.2, -0.15) is 0 Å². The number of nitrogens with two attached hydrogens (primary N) is 2. The topological polar surface area (TPSA) is 131 Å². The largest absolute Gasteiger partial charge is 0.481 e. The number of amides is 1. The van der Waals surface area contributed by atoms with E-state index in [-0.39, 0.29) is 18.3 Å². The van der Waals surface area contributed by atoms with E-state index in [1.54, 1.807) is 24.3 Å². The van der Waals surface area contributed by atoms with Gasteiger partial charge in [-0.1, -0.05) is 48.5 Å². The van der Waals surface area contributed by atoms with Gasteiger partial charge in [-0.25, -0.2) is 4.99 Å². The van der Waals surface area contributed by atoms with Crippen molar-refractivity contribution in [3.8, 4) is 11.1 Å². The normalized spacial score (nSPS) is 10.3. The first-order chi connectivity index (χ1) is 14.9. The van der Waals surface area contributed by atoms with Crippen molar-refractivity contribution >= 4 is 23.5 Å². The third-order valence-electron chi connectivity index (χ3n) is 4.68. The lowest BCUT2D eigenvalue weighted by atomic mass is 9.95. The second kappa shape index (κ2) is 10.1. The van der Waals surface area contributed by atoms with Gasteiger partial charge >= 0.3 is 5.97 Å². The summed E-state index contributed by atoms with van der Waals surface area (Å²) in [5, 5.41) is 11.9. The summed E-state index contributed by atoms with van der Waals surface area (Å²) in [5.41, 5.74) is 15.6. The lowest BCUT2D eigenvalue weighted by molar-refractivity contribution is -0.136. The van der Waals surface area contributed by atoms with Crippen LogP contribution in [0.15, 0.2) is 77.8 Å². The number of carboxylic acids is 1. The van der Waals surface area contributed by atoms with Crippen LogP contribution in [-0.4, -0.2) is 22.9 Å². The molecule has 0 heterocycles. The summed E-state index contributed by atoms with van der Waals surface area (Å²) in [6, 6.07) is 22.3. The Balaban J connectivity index is 1.73. The van der Waals surface area contributed by atoms with Crippen molar-refractivity contribution in [3.63, 3.8) is 0 Å². The van der Waals surface area contributed by atoms with E-state index in [2.05, 4.69) is 10.3 Å². The van der Waals surface area contributed by atoms with Gasteiger partial charge in [0.25, 0.3) is 5.91 Å². The first kappa shape index (κ1) is 21.6. The van der Waals surface area contributed by atoms with Gasteiger partial charge in [0.15, 0.2) is 5.96 Å². The van der Waals surface area contributed by atoms with Gasteiger partial charge in [0.2, 0.25) is 0 Å². The van der Waals surface area contributed by atoms with E-state index in [9.17, 15) is 9.59 Å². The number of hydrogen-bond donors (Lipinski definition) is 4. The van der Waals surface area contributed by atoms with Crippen molar-refractivity contribution in [2.24, 2.45) is 16.5 Å². The van der Waals surface area contributed by atoms with Crippen LogP contribution in [-0.2, 0) is 17.8 Å². The Bertz CT molecular complexity index is 1120. The number of aliphatic imine (C=N–C) groups is 1.